The second-order valence-corrected chi connectivity index (χ2v) is 9.10. The third kappa shape index (κ3) is 4.61. The second-order valence-electron chi connectivity index (χ2n) is 8.08. The third-order valence-corrected chi connectivity index (χ3v) is 6.50. The van der Waals surface area contributed by atoms with Gasteiger partial charge in [0, 0.05) is 27.5 Å². The van der Waals surface area contributed by atoms with E-state index in [2.05, 4.69) is 13.2 Å². The van der Waals surface area contributed by atoms with Crippen LogP contribution in [0, 0.1) is 5.82 Å². The van der Waals surface area contributed by atoms with Gasteiger partial charge in [-0.3, -0.25) is 0 Å². The van der Waals surface area contributed by atoms with Crippen molar-refractivity contribution in [1.82, 2.24) is 0 Å². The number of hydrogen-bond acceptors (Lipinski definition) is 5. The number of rotatable bonds is 5. The van der Waals surface area contributed by atoms with E-state index in [4.69, 9.17) is 9.47 Å². The Balaban J connectivity index is 1.83. The summed E-state index contributed by atoms with van der Waals surface area (Å²) >= 11 is 0.627. The molecule has 0 aliphatic rings. The molecule has 1 aromatic heterocycles. The first kappa shape index (κ1) is 25.1. The standard InChI is InChI=1S/C27H18F4O4S/c1-13(2)25(32)34-16-7-5-15(6-8-16)17-9-10-19-18-11-12-20(35-26(33)14(3)4)21(27(29,30)31)23(18)36-24(19)22(17)28/h5-12H,1,3H2,2,4H3. The van der Waals surface area contributed by atoms with Gasteiger partial charge in [-0.15, -0.1) is 11.3 Å². The molecule has 0 amide bonds. The monoisotopic (exact) mass is 514 g/mol. The molecule has 9 heteroatoms. The first-order valence-electron chi connectivity index (χ1n) is 10.5. The number of thiophene rings is 1. The smallest absolute Gasteiger partial charge is 0.421 e. The van der Waals surface area contributed by atoms with Gasteiger partial charge >= 0.3 is 18.1 Å². The highest BCUT2D eigenvalue weighted by Gasteiger charge is 2.38. The predicted molar refractivity (Wildman–Crippen MR) is 131 cm³/mol. The number of halogens is 4. The third-order valence-electron chi connectivity index (χ3n) is 5.27. The van der Waals surface area contributed by atoms with Crippen LogP contribution in [0.25, 0.3) is 31.3 Å². The van der Waals surface area contributed by atoms with Crippen LogP contribution in [0.2, 0.25) is 0 Å². The summed E-state index contributed by atoms with van der Waals surface area (Å²) in [6, 6.07) is 11.5. The topological polar surface area (TPSA) is 52.6 Å². The highest BCUT2D eigenvalue weighted by molar-refractivity contribution is 7.26. The molecule has 0 spiro atoms. The molecule has 0 radical (unpaired) electrons. The zero-order valence-electron chi connectivity index (χ0n) is 19.1. The molecule has 184 valence electrons. The highest BCUT2D eigenvalue weighted by Crippen LogP contribution is 2.48. The Morgan fingerprint density at radius 1 is 0.806 bits per heavy atom. The molecule has 0 fully saturated rings. The molecule has 0 unspecified atom stereocenters. The molecule has 0 saturated carbocycles. The van der Waals surface area contributed by atoms with E-state index in [1.54, 1.807) is 6.07 Å². The Labute approximate surface area is 207 Å². The van der Waals surface area contributed by atoms with E-state index in [1.165, 1.54) is 50.2 Å². The second kappa shape index (κ2) is 9.23. The highest BCUT2D eigenvalue weighted by atomic mass is 32.1. The van der Waals surface area contributed by atoms with Gasteiger partial charge < -0.3 is 9.47 Å². The fourth-order valence-electron chi connectivity index (χ4n) is 3.51. The van der Waals surface area contributed by atoms with Crippen LogP contribution in [0.3, 0.4) is 0 Å². The first-order valence-corrected chi connectivity index (χ1v) is 11.3. The summed E-state index contributed by atoms with van der Waals surface area (Å²) in [5, 5.41) is 0.483. The van der Waals surface area contributed by atoms with Gasteiger partial charge in [-0.25, -0.2) is 14.0 Å². The van der Waals surface area contributed by atoms with Crippen molar-refractivity contribution in [1.29, 1.82) is 0 Å². The van der Waals surface area contributed by atoms with Crippen LogP contribution >= 0.6 is 11.3 Å². The zero-order valence-corrected chi connectivity index (χ0v) is 19.9. The van der Waals surface area contributed by atoms with E-state index in [1.807, 2.05) is 0 Å². The summed E-state index contributed by atoms with van der Waals surface area (Å²) < 4.78 is 67.5. The number of carbonyl (C=O) groups is 2. The van der Waals surface area contributed by atoms with E-state index < -0.39 is 35.2 Å². The molecule has 3 aromatic carbocycles. The van der Waals surface area contributed by atoms with Crippen molar-refractivity contribution in [2.24, 2.45) is 0 Å². The molecular formula is C27H18F4O4S. The molecule has 4 nitrogen and oxygen atoms in total. The summed E-state index contributed by atoms with van der Waals surface area (Å²) in [4.78, 5) is 23.6. The lowest BCUT2D eigenvalue weighted by atomic mass is 10.0. The molecule has 0 aliphatic carbocycles. The van der Waals surface area contributed by atoms with E-state index in [-0.39, 0.29) is 37.2 Å². The van der Waals surface area contributed by atoms with E-state index in [0.29, 0.717) is 22.3 Å². The Bertz CT molecular complexity index is 1560. The normalized spacial score (nSPS) is 11.5. The molecule has 1 heterocycles. The fourth-order valence-corrected chi connectivity index (χ4v) is 4.81. The minimum atomic E-state index is -4.86. The Hall–Kier alpha value is -3.98. The Morgan fingerprint density at radius 3 is 1.94 bits per heavy atom. The number of alkyl halides is 3. The predicted octanol–water partition coefficient (Wildman–Crippen LogP) is 7.84. The molecule has 0 aliphatic heterocycles. The molecule has 0 atom stereocenters. The number of fused-ring (bicyclic) bond motifs is 3. The Kier molecular flexibility index (Phi) is 6.44. The summed E-state index contributed by atoms with van der Waals surface area (Å²) in [6.45, 7) is 9.71. The van der Waals surface area contributed by atoms with Crippen LogP contribution in [-0.2, 0) is 15.8 Å². The zero-order chi connectivity index (χ0) is 26.4. The van der Waals surface area contributed by atoms with Crippen LogP contribution in [0.15, 0.2) is 72.8 Å². The number of hydrogen-bond donors (Lipinski definition) is 0. The van der Waals surface area contributed by atoms with Crippen LogP contribution in [0.1, 0.15) is 19.4 Å². The van der Waals surface area contributed by atoms with Crippen molar-refractivity contribution in [3.05, 3.63) is 84.2 Å². The van der Waals surface area contributed by atoms with Crippen molar-refractivity contribution in [3.63, 3.8) is 0 Å². The number of carbonyl (C=O) groups excluding carboxylic acids is 2. The lowest BCUT2D eigenvalue weighted by Crippen LogP contribution is -2.14. The van der Waals surface area contributed by atoms with E-state index >= 15 is 4.39 Å². The van der Waals surface area contributed by atoms with Gasteiger partial charge in [0.05, 0.1) is 9.40 Å². The summed E-state index contributed by atoms with van der Waals surface area (Å²) in [5.74, 6) is -2.73. The number of ether oxygens (including phenoxy) is 2. The van der Waals surface area contributed by atoms with Crippen LogP contribution in [0.4, 0.5) is 17.6 Å². The summed E-state index contributed by atoms with van der Waals surface area (Å²) in [5.41, 5.74) is -0.393. The van der Waals surface area contributed by atoms with Gasteiger partial charge in [-0.05, 0) is 43.7 Å². The van der Waals surface area contributed by atoms with Crippen molar-refractivity contribution < 1.29 is 36.6 Å². The molecule has 0 saturated heterocycles. The largest absolute Gasteiger partial charge is 0.423 e. The first-order chi connectivity index (χ1) is 16.9. The van der Waals surface area contributed by atoms with Gasteiger partial charge in [0.1, 0.15) is 22.9 Å². The molecule has 4 rings (SSSR count). The summed E-state index contributed by atoms with van der Waals surface area (Å²) in [7, 11) is 0. The lowest BCUT2D eigenvalue weighted by molar-refractivity contribution is -0.140. The Morgan fingerprint density at radius 2 is 1.36 bits per heavy atom. The number of esters is 2. The molecule has 36 heavy (non-hydrogen) atoms. The van der Waals surface area contributed by atoms with E-state index in [9.17, 15) is 22.8 Å². The van der Waals surface area contributed by atoms with Gasteiger partial charge in [0.2, 0.25) is 0 Å². The maximum atomic E-state index is 15.6. The SMILES string of the molecule is C=C(C)C(=O)Oc1ccc(-c2ccc3c(sc4c(C(F)(F)F)c(OC(=O)C(=C)C)ccc43)c2F)cc1. The molecule has 4 aromatic rings. The van der Waals surface area contributed by atoms with Gasteiger partial charge in [-0.2, -0.15) is 13.2 Å². The van der Waals surface area contributed by atoms with Gasteiger partial charge in [-0.1, -0.05) is 37.4 Å². The number of benzene rings is 3. The fraction of sp³-hybridized carbons (Fsp3) is 0.111. The van der Waals surface area contributed by atoms with Crippen LogP contribution < -0.4 is 9.47 Å². The van der Waals surface area contributed by atoms with Gasteiger partial charge in [0.25, 0.3) is 0 Å². The van der Waals surface area contributed by atoms with Gasteiger partial charge in [0.15, 0.2) is 0 Å². The summed E-state index contributed by atoms with van der Waals surface area (Å²) in [6.07, 6.45) is -4.86. The molecular weight excluding hydrogens is 496 g/mol. The van der Waals surface area contributed by atoms with E-state index in [0.717, 1.165) is 6.07 Å². The van der Waals surface area contributed by atoms with Crippen LogP contribution in [0.5, 0.6) is 11.5 Å². The minimum Gasteiger partial charge on any atom is -0.423 e. The van der Waals surface area contributed by atoms with Crippen LogP contribution in [-0.4, -0.2) is 11.9 Å². The van der Waals surface area contributed by atoms with Crippen molar-refractivity contribution in [3.8, 4) is 22.6 Å². The van der Waals surface area contributed by atoms with Crippen molar-refractivity contribution in [2.75, 3.05) is 0 Å². The maximum absolute atomic E-state index is 15.6. The minimum absolute atomic E-state index is 0.0224. The molecule has 0 N–H and O–H groups in total. The average molecular weight is 514 g/mol. The lowest BCUT2D eigenvalue weighted by Gasteiger charge is -2.13. The molecule has 0 bridgehead atoms. The van der Waals surface area contributed by atoms with Crippen molar-refractivity contribution in [2.45, 2.75) is 20.0 Å². The maximum Gasteiger partial charge on any atom is 0.421 e. The average Bonchev–Trinajstić information content (AvgIpc) is 3.18. The quantitative estimate of drug-likeness (QED) is 0.118. The van der Waals surface area contributed by atoms with Crippen molar-refractivity contribution >= 4 is 43.4 Å².